The molecule has 7 heteroatoms. The third-order valence-electron chi connectivity index (χ3n) is 3.50. The molecule has 0 unspecified atom stereocenters. The van der Waals surface area contributed by atoms with Gasteiger partial charge in [0.15, 0.2) is 0 Å². The van der Waals surface area contributed by atoms with Crippen molar-refractivity contribution in [1.29, 1.82) is 0 Å². The molecule has 0 atom stereocenters. The summed E-state index contributed by atoms with van der Waals surface area (Å²) in [5, 5.41) is 2.57. The van der Waals surface area contributed by atoms with E-state index in [1.165, 1.54) is 12.1 Å². The lowest BCUT2D eigenvalue weighted by molar-refractivity contribution is -0.137. The van der Waals surface area contributed by atoms with Crippen LogP contribution in [0.1, 0.15) is 23.1 Å². The van der Waals surface area contributed by atoms with Crippen LogP contribution in [0.25, 0.3) is 6.08 Å². The van der Waals surface area contributed by atoms with E-state index in [4.69, 9.17) is 10.5 Å². The van der Waals surface area contributed by atoms with Gasteiger partial charge in [-0.3, -0.25) is 0 Å². The Morgan fingerprint density at radius 1 is 1.15 bits per heavy atom. The summed E-state index contributed by atoms with van der Waals surface area (Å²) in [5.41, 5.74) is 6.34. The molecule has 0 saturated carbocycles. The maximum atomic E-state index is 12.7. The predicted molar refractivity (Wildman–Crippen MR) is 94.1 cm³/mol. The average molecular weight is 364 g/mol. The summed E-state index contributed by atoms with van der Waals surface area (Å²) in [4.78, 5) is 11.6. The van der Waals surface area contributed by atoms with Crippen molar-refractivity contribution in [2.75, 3.05) is 12.3 Å². The maximum Gasteiger partial charge on any atom is 0.416 e. The summed E-state index contributed by atoms with van der Waals surface area (Å²) < 4.78 is 43.1. The molecular formula is C19H19F3N2O2. The van der Waals surface area contributed by atoms with Crippen molar-refractivity contribution in [1.82, 2.24) is 5.32 Å². The van der Waals surface area contributed by atoms with Crippen molar-refractivity contribution in [3.63, 3.8) is 0 Å². The SMILES string of the molecule is Nc1ccc(C(F)(F)F)cc1C=CCCNC(=O)OCc1ccccc1. The number of hydrogen-bond donors (Lipinski definition) is 2. The molecule has 0 aliphatic rings. The van der Waals surface area contributed by atoms with Gasteiger partial charge in [0.05, 0.1) is 5.56 Å². The number of rotatable bonds is 6. The van der Waals surface area contributed by atoms with E-state index >= 15 is 0 Å². The molecular weight excluding hydrogens is 345 g/mol. The fourth-order valence-electron chi connectivity index (χ4n) is 2.14. The first-order valence-corrected chi connectivity index (χ1v) is 7.94. The molecule has 4 nitrogen and oxygen atoms in total. The van der Waals surface area contributed by atoms with Gasteiger partial charge in [0, 0.05) is 12.2 Å². The first-order valence-electron chi connectivity index (χ1n) is 7.94. The number of benzene rings is 2. The molecule has 2 aromatic rings. The van der Waals surface area contributed by atoms with Crippen LogP contribution in [0.2, 0.25) is 0 Å². The zero-order chi connectivity index (χ0) is 19.0. The minimum absolute atomic E-state index is 0.170. The van der Waals surface area contributed by atoms with Crippen LogP contribution in [0.5, 0.6) is 0 Å². The van der Waals surface area contributed by atoms with Gasteiger partial charge in [0.1, 0.15) is 6.61 Å². The zero-order valence-electron chi connectivity index (χ0n) is 13.9. The third kappa shape index (κ3) is 6.16. The maximum absolute atomic E-state index is 12.7. The summed E-state index contributed by atoms with van der Waals surface area (Å²) >= 11 is 0. The molecule has 26 heavy (non-hydrogen) atoms. The Kier molecular flexibility index (Phi) is 6.66. The summed E-state index contributed by atoms with van der Waals surface area (Å²) in [6, 6.07) is 12.4. The van der Waals surface area contributed by atoms with E-state index < -0.39 is 17.8 Å². The highest BCUT2D eigenvalue weighted by Crippen LogP contribution is 2.31. The van der Waals surface area contributed by atoms with Crippen LogP contribution in [0.15, 0.2) is 54.6 Å². The third-order valence-corrected chi connectivity index (χ3v) is 3.50. The molecule has 138 valence electrons. The van der Waals surface area contributed by atoms with Gasteiger partial charge >= 0.3 is 12.3 Å². The summed E-state index contributed by atoms with van der Waals surface area (Å²) in [6.45, 7) is 0.465. The minimum atomic E-state index is -4.42. The smallest absolute Gasteiger partial charge is 0.416 e. The topological polar surface area (TPSA) is 64.3 Å². The molecule has 0 saturated heterocycles. The second-order valence-corrected chi connectivity index (χ2v) is 5.52. The number of alkyl carbamates (subject to hydrolysis) is 1. The van der Waals surface area contributed by atoms with Crippen LogP contribution in [0.4, 0.5) is 23.7 Å². The van der Waals surface area contributed by atoms with Crippen molar-refractivity contribution in [2.45, 2.75) is 19.2 Å². The quantitative estimate of drug-likeness (QED) is 0.581. The number of halogens is 3. The van der Waals surface area contributed by atoms with Gasteiger partial charge in [0.25, 0.3) is 0 Å². The van der Waals surface area contributed by atoms with Crippen LogP contribution >= 0.6 is 0 Å². The fraction of sp³-hybridized carbons (Fsp3) is 0.211. The Balaban J connectivity index is 1.76. The van der Waals surface area contributed by atoms with Gasteiger partial charge in [-0.05, 0) is 35.7 Å². The Labute approximate surface area is 149 Å². The van der Waals surface area contributed by atoms with E-state index in [1.54, 1.807) is 6.08 Å². The highest BCUT2D eigenvalue weighted by atomic mass is 19.4. The first-order chi connectivity index (χ1) is 12.4. The number of nitrogen functional groups attached to an aromatic ring is 1. The van der Waals surface area contributed by atoms with Crippen molar-refractivity contribution in [3.8, 4) is 0 Å². The molecule has 0 aromatic heterocycles. The predicted octanol–water partition coefficient (Wildman–Crippen LogP) is 4.62. The molecule has 1 amide bonds. The van der Waals surface area contributed by atoms with E-state index in [-0.39, 0.29) is 17.9 Å². The number of amides is 1. The van der Waals surface area contributed by atoms with Gasteiger partial charge in [-0.25, -0.2) is 4.79 Å². The summed E-state index contributed by atoms with van der Waals surface area (Å²) in [7, 11) is 0. The lowest BCUT2D eigenvalue weighted by Crippen LogP contribution is -2.24. The van der Waals surface area contributed by atoms with Gasteiger partial charge in [-0.1, -0.05) is 42.5 Å². The highest BCUT2D eigenvalue weighted by Gasteiger charge is 2.30. The Hall–Kier alpha value is -2.96. The van der Waals surface area contributed by atoms with Crippen molar-refractivity contribution < 1.29 is 22.7 Å². The van der Waals surface area contributed by atoms with Gasteiger partial charge in [0.2, 0.25) is 0 Å². The molecule has 0 spiro atoms. The second-order valence-electron chi connectivity index (χ2n) is 5.52. The molecule has 3 N–H and O–H groups in total. The summed E-state index contributed by atoms with van der Waals surface area (Å²) in [6.07, 6.45) is -1.40. The van der Waals surface area contributed by atoms with Gasteiger partial charge in [-0.2, -0.15) is 13.2 Å². The molecule has 0 aliphatic carbocycles. The fourth-order valence-corrected chi connectivity index (χ4v) is 2.14. The van der Waals surface area contributed by atoms with Gasteiger partial charge in [-0.15, -0.1) is 0 Å². The second kappa shape index (κ2) is 8.94. The molecule has 0 heterocycles. The number of alkyl halides is 3. The number of hydrogen-bond acceptors (Lipinski definition) is 3. The van der Waals surface area contributed by atoms with E-state index in [9.17, 15) is 18.0 Å². The first kappa shape index (κ1) is 19.4. The molecule has 0 bridgehead atoms. The standard InChI is InChI=1S/C19H19F3N2O2/c20-19(21,22)16-9-10-17(23)15(12-16)8-4-5-11-24-18(25)26-13-14-6-2-1-3-7-14/h1-4,6-10,12H,5,11,13,23H2,(H,24,25). The van der Waals surface area contributed by atoms with E-state index in [1.807, 2.05) is 30.3 Å². The Morgan fingerprint density at radius 2 is 1.88 bits per heavy atom. The van der Waals surface area contributed by atoms with Crippen molar-refractivity contribution >= 4 is 17.9 Å². The Morgan fingerprint density at radius 3 is 2.58 bits per heavy atom. The van der Waals surface area contributed by atoms with E-state index in [2.05, 4.69) is 5.32 Å². The summed E-state index contributed by atoms with van der Waals surface area (Å²) in [5.74, 6) is 0. The van der Waals surface area contributed by atoms with E-state index in [0.29, 0.717) is 13.0 Å². The average Bonchev–Trinajstić information content (AvgIpc) is 2.61. The molecule has 0 aliphatic heterocycles. The van der Waals surface area contributed by atoms with Gasteiger partial charge < -0.3 is 15.8 Å². The number of ether oxygens (including phenoxy) is 1. The number of anilines is 1. The number of nitrogens with one attached hydrogen (secondary N) is 1. The van der Waals surface area contributed by atoms with E-state index in [0.717, 1.165) is 17.7 Å². The minimum Gasteiger partial charge on any atom is -0.445 e. The van der Waals surface area contributed by atoms with Crippen LogP contribution < -0.4 is 11.1 Å². The van der Waals surface area contributed by atoms with Crippen LogP contribution in [0, 0.1) is 0 Å². The lowest BCUT2D eigenvalue weighted by atomic mass is 10.1. The highest BCUT2D eigenvalue weighted by molar-refractivity contribution is 5.67. The molecule has 0 fully saturated rings. The molecule has 0 radical (unpaired) electrons. The lowest BCUT2D eigenvalue weighted by Gasteiger charge is -2.09. The van der Waals surface area contributed by atoms with Crippen LogP contribution in [-0.2, 0) is 17.5 Å². The van der Waals surface area contributed by atoms with Crippen LogP contribution in [-0.4, -0.2) is 12.6 Å². The van der Waals surface area contributed by atoms with Crippen LogP contribution in [0.3, 0.4) is 0 Å². The zero-order valence-corrected chi connectivity index (χ0v) is 13.9. The number of carbonyl (C=O) groups excluding carboxylic acids is 1. The molecule has 2 aromatic carbocycles. The number of carbonyl (C=O) groups is 1. The van der Waals surface area contributed by atoms with Crippen molar-refractivity contribution in [2.24, 2.45) is 0 Å². The normalized spacial score (nSPS) is 11.5. The Bertz CT molecular complexity index is 759. The largest absolute Gasteiger partial charge is 0.445 e. The number of nitrogens with two attached hydrogens (primary N) is 1. The molecule has 2 rings (SSSR count). The monoisotopic (exact) mass is 364 g/mol. The van der Waals surface area contributed by atoms with Crippen molar-refractivity contribution in [3.05, 3.63) is 71.3 Å².